The Morgan fingerprint density at radius 1 is 0.161 bits per heavy atom. The third-order valence-electron chi connectivity index (χ3n) is 10.9. The fraction of sp³-hybridized carbons (Fsp3) is 0. The molecule has 0 saturated carbocycles. The van der Waals surface area contributed by atoms with Crippen LogP contribution in [0.2, 0.25) is 0 Å². The maximum absolute atomic E-state index is 2.95. The topological polar surface area (TPSA) is 0 Å². The van der Waals surface area contributed by atoms with Gasteiger partial charge in [0.2, 0.25) is 0 Å². The van der Waals surface area contributed by atoms with Crippen LogP contribution < -0.4 is 42.4 Å². The van der Waals surface area contributed by atoms with Crippen LogP contribution >= 0.6 is 28.1 Å². The first kappa shape index (κ1) is 37.3. The second kappa shape index (κ2) is 16.3. The van der Waals surface area contributed by atoms with Crippen molar-refractivity contribution >= 4 is 97.4 Å². The van der Waals surface area contributed by atoms with Gasteiger partial charge in [0.15, 0.2) is 0 Å². The van der Waals surface area contributed by atoms with Crippen LogP contribution in [-0.2, 0) is 0 Å². The van der Waals surface area contributed by atoms with Crippen LogP contribution in [0.5, 0.6) is 0 Å². The van der Waals surface area contributed by atoms with Crippen molar-refractivity contribution in [3.63, 3.8) is 0 Å². The third kappa shape index (κ3) is 6.81. The van der Waals surface area contributed by atoms with E-state index in [1.165, 1.54) is 42.4 Å². The number of rotatable bonds is 8. The lowest BCUT2D eigenvalue weighted by molar-refractivity contribution is 1.75. The fourth-order valence-electron chi connectivity index (χ4n) is 8.33. The van der Waals surface area contributed by atoms with Crippen molar-refractivity contribution in [1.29, 1.82) is 0 Å². The molecular formula is C48H40B4P4. The molecule has 9 rings (SSSR count). The quantitative estimate of drug-likeness (QED) is 0.107. The summed E-state index contributed by atoms with van der Waals surface area (Å²) in [4.78, 5) is 0. The Morgan fingerprint density at radius 3 is 0.375 bits per heavy atom. The van der Waals surface area contributed by atoms with Crippen LogP contribution in [0.3, 0.4) is 0 Å². The lowest BCUT2D eigenvalue weighted by atomic mass is 10.3. The average molecular weight is 784 g/mol. The minimum Gasteiger partial charge on any atom is -0.279 e. The number of hydrogen-bond acceptors (Lipinski definition) is 0. The zero-order valence-corrected chi connectivity index (χ0v) is 34.8. The van der Waals surface area contributed by atoms with Gasteiger partial charge < -0.3 is 0 Å². The Morgan fingerprint density at radius 2 is 0.268 bits per heavy atom. The highest BCUT2D eigenvalue weighted by atomic mass is 31.3. The van der Waals surface area contributed by atoms with Crippen LogP contribution in [0.15, 0.2) is 243 Å². The van der Waals surface area contributed by atoms with E-state index >= 15 is 0 Å². The highest BCUT2D eigenvalue weighted by Gasteiger charge is 2.50. The molecule has 0 amide bonds. The van der Waals surface area contributed by atoms with Gasteiger partial charge in [0.05, 0.1) is 26.9 Å². The van der Waals surface area contributed by atoms with Crippen molar-refractivity contribution in [3.8, 4) is 0 Å². The summed E-state index contributed by atoms with van der Waals surface area (Å²) < 4.78 is 0. The van der Waals surface area contributed by atoms with E-state index in [9.17, 15) is 0 Å². The van der Waals surface area contributed by atoms with Crippen LogP contribution in [0.4, 0.5) is 0 Å². The Hall–Kier alpha value is -4.26. The lowest BCUT2D eigenvalue weighted by Gasteiger charge is -2.67. The maximum Gasteiger partial charge on any atom is 0.0900 e. The predicted molar refractivity (Wildman–Crippen MR) is 259 cm³/mol. The second-order valence-electron chi connectivity index (χ2n) is 14.3. The number of benzene rings is 8. The molecule has 0 spiro atoms. The minimum atomic E-state index is -2.51. The van der Waals surface area contributed by atoms with Crippen molar-refractivity contribution < 1.29 is 0 Å². The van der Waals surface area contributed by atoms with Gasteiger partial charge in [-0.3, -0.25) is 28.1 Å². The first-order valence-electron chi connectivity index (χ1n) is 19.1. The summed E-state index contributed by atoms with van der Waals surface area (Å²) in [7, 11) is -10.0. The van der Waals surface area contributed by atoms with Gasteiger partial charge in [-0.15, -0.1) is 0 Å². The average Bonchev–Trinajstić information content (AvgIpc) is 3.29. The first-order valence-corrected chi connectivity index (χ1v) is 26.8. The van der Waals surface area contributed by atoms with Gasteiger partial charge in [0.25, 0.3) is 0 Å². The molecule has 1 heterocycles. The molecule has 0 bridgehead atoms. The summed E-state index contributed by atoms with van der Waals surface area (Å²) in [6, 6.07) is 91.7. The monoisotopic (exact) mass is 784 g/mol. The molecule has 264 valence electrons. The highest BCUT2D eigenvalue weighted by Crippen LogP contribution is 2.84. The van der Waals surface area contributed by atoms with Crippen molar-refractivity contribution in [2.24, 2.45) is 0 Å². The van der Waals surface area contributed by atoms with Gasteiger partial charge in [0, 0.05) is 42.4 Å². The fourth-order valence-corrected chi connectivity index (χ4v) is 35.7. The van der Waals surface area contributed by atoms with E-state index in [2.05, 4.69) is 270 Å². The molecule has 1 fully saturated rings. The number of hydrogen-bond donors (Lipinski definition) is 0. The van der Waals surface area contributed by atoms with Gasteiger partial charge in [-0.1, -0.05) is 146 Å². The maximum atomic E-state index is 2.95. The van der Waals surface area contributed by atoms with Gasteiger partial charge in [-0.2, -0.15) is 0 Å². The Kier molecular flexibility index (Phi) is 10.9. The van der Waals surface area contributed by atoms with Crippen molar-refractivity contribution in [1.82, 2.24) is 0 Å². The van der Waals surface area contributed by atoms with Crippen molar-refractivity contribution in [2.75, 3.05) is 0 Å². The summed E-state index contributed by atoms with van der Waals surface area (Å²) in [6.45, 7) is 11.8. The van der Waals surface area contributed by atoms with Crippen LogP contribution in [0.25, 0.3) is 0 Å². The van der Waals surface area contributed by atoms with Gasteiger partial charge in [-0.25, -0.2) is 0 Å². The van der Waals surface area contributed by atoms with Gasteiger partial charge in [0.1, 0.15) is 0 Å². The highest BCUT2D eigenvalue weighted by molar-refractivity contribution is 8.73. The van der Waals surface area contributed by atoms with Crippen molar-refractivity contribution in [3.05, 3.63) is 243 Å². The summed E-state index contributed by atoms with van der Waals surface area (Å²) in [5.74, 6) is 0. The molecule has 0 N–H and O–H groups in total. The Bertz CT molecular complexity index is 1940. The van der Waals surface area contributed by atoms with Gasteiger partial charge in [-0.05, 0) is 97.1 Å². The molecule has 0 nitrogen and oxygen atoms in total. The summed E-state index contributed by atoms with van der Waals surface area (Å²) in [5.41, 5.74) is 0. The van der Waals surface area contributed by atoms with Crippen LogP contribution in [0.1, 0.15) is 0 Å². The molecule has 8 aromatic rings. The molecule has 8 aromatic carbocycles. The Labute approximate surface area is 338 Å². The zero-order valence-electron chi connectivity index (χ0n) is 31.2. The van der Waals surface area contributed by atoms with E-state index in [-0.39, 0.29) is 0 Å². The molecule has 0 atom stereocenters. The second-order valence-corrected chi connectivity index (χ2v) is 28.3. The van der Waals surface area contributed by atoms with Gasteiger partial charge >= 0.3 is 0 Å². The molecule has 1 aliphatic heterocycles. The molecule has 8 heteroatoms. The molecule has 0 aromatic heterocycles. The Balaban J connectivity index is 1.50. The van der Waals surface area contributed by atoms with E-state index in [1.54, 1.807) is 0 Å². The SMILES string of the molecule is [B-]1[P+](c2ccccc2)(c2ccccc2)[B-][P+](c2ccccc2)(c2ccccc2)[B-][P+](c2ccccc2)(c2ccccc2)[B-][P+]1(c1ccccc1)c1ccccc1. The molecule has 1 saturated heterocycles. The van der Waals surface area contributed by atoms with E-state index in [1.807, 2.05) is 0 Å². The molecule has 0 unspecified atom stereocenters. The molecule has 8 radical (unpaired) electrons. The van der Waals surface area contributed by atoms with E-state index in [0.717, 1.165) is 0 Å². The molecular weight excluding hydrogens is 744 g/mol. The molecule has 56 heavy (non-hydrogen) atoms. The lowest BCUT2D eigenvalue weighted by Crippen LogP contribution is -2.49. The standard InChI is InChI=1S/C48H40B4P4/c1-9-25-41(26-10-1)53(42-27-11-2-12-28-42)49-54(43-29-13-3-14-30-43,44-31-15-4-16-32-44)51-56(47-37-21-7-22-38-47,48-39-23-8-24-40-48)52-55(50-53,45-33-17-5-18-34-45)46-35-19-6-20-36-46/h1-40H. The summed E-state index contributed by atoms with van der Waals surface area (Å²) in [6.07, 6.45) is 0. The molecule has 0 aliphatic carbocycles. The molecule has 1 aliphatic rings. The predicted octanol–water partition coefficient (Wildman–Crippen LogP) is 8.81. The largest absolute Gasteiger partial charge is 0.279 e. The van der Waals surface area contributed by atoms with Crippen molar-refractivity contribution in [2.45, 2.75) is 0 Å². The normalized spacial score (nSPS) is 16.9. The van der Waals surface area contributed by atoms with E-state index in [0.29, 0.717) is 0 Å². The smallest absolute Gasteiger partial charge is 0.0900 e. The summed E-state index contributed by atoms with van der Waals surface area (Å²) in [5, 5.41) is 11.0. The minimum absolute atomic E-state index is 1.38. The van der Waals surface area contributed by atoms with E-state index < -0.39 is 28.1 Å². The van der Waals surface area contributed by atoms with E-state index in [4.69, 9.17) is 0 Å². The first-order chi connectivity index (χ1) is 27.7. The summed E-state index contributed by atoms with van der Waals surface area (Å²) >= 11 is 0. The van der Waals surface area contributed by atoms with Crippen LogP contribution in [-0.4, -0.2) is 26.9 Å². The third-order valence-corrected chi connectivity index (χ3v) is 31.8. The zero-order chi connectivity index (χ0) is 37.7. The van der Waals surface area contributed by atoms with Crippen LogP contribution in [0, 0.1) is 0 Å².